The molecule has 30 heavy (non-hydrogen) atoms. The number of nitrogens with one attached hydrogen (secondary N) is 3. The van der Waals surface area contributed by atoms with Crippen LogP contribution in [0.4, 0.5) is 29.3 Å². The Bertz CT molecular complexity index is 885. The molecule has 0 bridgehead atoms. The molecule has 0 aliphatic carbocycles. The number of rotatable bonds is 7. The van der Waals surface area contributed by atoms with Gasteiger partial charge in [-0.1, -0.05) is 26.0 Å². The average molecular weight is 423 g/mol. The number of carbonyl (C=O) groups is 2. The third kappa shape index (κ3) is 7.07. The zero-order valence-electron chi connectivity index (χ0n) is 16.6. The van der Waals surface area contributed by atoms with Crippen molar-refractivity contribution in [3.05, 3.63) is 59.7 Å². The highest BCUT2D eigenvalue weighted by molar-refractivity contribution is 6.05. The Kier molecular flexibility index (Phi) is 7.82. The molecule has 0 heterocycles. The van der Waals surface area contributed by atoms with Crippen molar-refractivity contribution >= 4 is 23.3 Å². The van der Waals surface area contributed by atoms with Crippen LogP contribution < -0.4 is 16.0 Å². The van der Waals surface area contributed by atoms with Crippen LogP contribution in [0.25, 0.3) is 0 Å². The van der Waals surface area contributed by atoms with E-state index in [4.69, 9.17) is 0 Å². The first kappa shape index (κ1) is 23.2. The minimum Gasteiger partial charge on any atom is -0.394 e. The fourth-order valence-electron chi connectivity index (χ4n) is 2.82. The number of carbonyl (C=O) groups excluding carboxylic acids is 2. The maximum absolute atomic E-state index is 12.8. The number of halogens is 3. The van der Waals surface area contributed by atoms with Crippen LogP contribution in [0.5, 0.6) is 0 Å². The number of anilines is 2. The van der Waals surface area contributed by atoms with Crippen molar-refractivity contribution in [3.8, 4) is 0 Å². The van der Waals surface area contributed by atoms with E-state index in [0.717, 1.165) is 12.1 Å². The fourth-order valence-corrected chi connectivity index (χ4v) is 2.82. The summed E-state index contributed by atoms with van der Waals surface area (Å²) in [7, 11) is 0. The molecule has 3 amide bonds. The molecule has 2 aromatic carbocycles. The van der Waals surface area contributed by atoms with Crippen molar-refractivity contribution in [2.75, 3.05) is 17.2 Å². The van der Waals surface area contributed by atoms with Crippen LogP contribution in [0.2, 0.25) is 0 Å². The van der Waals surface area contributed by atoms with Gasteiger partial charge >= 0.3 is 12.2 Å². The molecule has 0 aliphatic heterocycles. The molecule has 0 radical (unpaired) electrons. The zero-order chi connectivity index (χ0) is 22.3. The number of urea groups is 1. The van der Waals surface area contributed by atoms with Crippen LogP contribution >= 0.6 is 0 Å². The van der Waals surface area contributed by atoms with Gasteiger partial charge in [0.25, 0.3) is 5.91 Å². The lowest BCUT2D eigenvalue weighted by atomic mass is 10.0. The fraction of sp³-hybridized carbons (Fsp3) is 0.333. The van der Waals surface area contributed by atoms with Gasteiger partial charge in [0.15, 0.2) is 0 Å². The lowest BCUT2D eigenvalue weighted by molar-refractivity contribution is -0.137. The van der Waals surface area contributed by atoms with Crippen molar-refractivity contribution in [3.63, 3.8) is 0 Å². The van der Waals surface area contributed by atoms with Crippen LogP contribution in [0, 0.1) is 5.92 Å². The Hall–Kier alpha value is -3.07. The van der Waals surface area contributed by atoms with Crippen LogP contribution in [0.15, 0.2) is 48.5 Å². The summed E-state index contributed by atoms with van der Waals surface area (Å²) >= 11 is 0. The van der Waals surface area contributed by atoms with Gasteiger partial charge in [0.05, 0.1) is 18.2 Å². The lowest BCUT2D eigenvalue weighted by Gasteiger charge is -2.18. The zero-order valence-corrected chi connectivity index (χ0v) is 16.6. The van der Waals surface area contributed by atoms with E-state index in [9.17, 15) is 27.9 Å². The second kappa shape index (κ2) is 10.1. The van der Waals surface area contributed by atoms with Crippen molar-refractivity contribution in [1.82, 2.24) is 5.32 Å². The summed E-state index contributed by atoms with van der Waals surface area (Å²) in [5.74, 6) is -0.336. The third-order valence-corrected chi connectivity index (χ3v) is 4.14. The predicted octanol–water partition coefficient (Wildman–Crippen LogP) is 4.49. The number of aliphatic hydroxyl groups is 1. The summed E-state index contributed by atoms with van der Waals surface area (Å²) in [5.41, 5.74) is -0.380. The first-order valence-corrected chi connectivity index (χ1v) is 9.35. The molecule has 2 aromatic rings. The summed E-state index contributed by atoms with van der Waals surface area (Å²) in [5, 5.41) is 17.0. The van der Waals surface area contributed by atoms with Crippen LogP contribution in [0.1, 0.15) is 36.2 Å². The van der Waals surface area contributed by atoms with Gasteiger partial charge in [-0.25, -0.2) is 4.79 Å². The van der Waals surface area contributed by atoms with Gasteiger partial charge in [-0.2, -0.15) is 13.2 Å². The van der Waals surface area contributed by atoms with Crippen molar-refractivity contribution in [2.45, 2.75) is 32.5 Å². The smallest absolute Gasteiger partial charge is 0.394 e. The quantitative estimate of drug-likeness (QED) is 0.529. The molecule has 0 saturated heterocycles. The number of amides is 3. The minimum absolute atomic E-state index is 0.00500. The van der Waals surface area contributed by atoms with E-state index in [0.29, 0.717) is 12.1 Å². The van der Waals surface area contributed by atoms with E-state index in [2.05, 4.69) is 16.0 Å². The minimum atomic E-state index is -4.51. The molecule has 0 aliphatic rings. The van der Waals surface area contributed by atoms with E-state index in [1.54, 1.807) is 6.07 Å². The Balaban J connectivity index is 2.04. The molecule has 0 aromatic heterocycles. The van der Waals surface area contributed by atoms with Gasteiger partial charge in [-0.3, -0.25) is 4.79 Å². The summed E-state index contributed by atoms with van der Waals surface area (Å²) in [6.45, 7) is 3.73. The first-order valence-electron chi connectivity index (χ1n) is 9.35. The van der Waals surface area contributed by atoms with Gasteiger partial charge in [0.1, 0.15) is 0 Å². The number of hydrogen-bond donors (Lipinski definition) is 4. The van der Waals surface area contributed by atoms with E-state index >= 15 is 0 Å². The highest BCUT2D eigenvalue weighted by Gasteiger charge is 2.30. The molecule has 1 unspecified atom stereocenters. The molecule has 4 N–H and O–H groups in total. The average Bonchev–Trinajstić information content (AvgIpc) is 2.66. The molecule has 2 rings (SSSR count). The SMILES string of the molecule is CC(C)CC(CO)NC(=O)Nc1cccc(C(=O)Nc2cccc(C(F)(F)F)c2)c1. The first-order chi connectivity index (χ1) is 14.1. The van der Waals surface area contributed by atoms with Gasteiger partial charge < -0.3 is 21.1 Å². The number of aliphatic hydroxyl groups excluding tert-OH is 1. The molecule has 0 fully saturated rings. The molecule has 6 nitrogen and oxygen atoms in total. The topological polar surface area (TPSA) is 90.5 Å². The Morgan fingerprint density at radius 2 is 1.63 bits per heavy atom. The van der Waals surface area contributed by atoms with Crippen LogP contribution in [0.3, 0.4) is 0 Å². The maximum Gasteiger partial charge on any atom is 0.416 e. The summed E-state index contributed by atoms with van der Waals surface area (Å²) in [6, 6.07) is 9.35. The molecule has 0 saturated carbocycles. The number of alkyl halides is 3. The summed E-state index contributed by atoms with van der Waals surface area (Å²) in [4.78, 5) is 24.5. The molecular weight excluding hydrogens is 399 g/mol. The molecular formula is C21H24F3N3O3. The monoisotopic (exact) mass is 423 g/mol. The van der Waals surface area contributed by atoms with E-state index in [1.165, 1.54) is 30.3 Å². The van der Waals surface area contributed by atoms with Crippen molar-refractivity contribution in [2.24, 2.45) is 5.92 Å². The predicted molar refractivity (Wildman–Crippen MR) is 108 cm³/mol. The number of benzene rings is 2. The van der Waals surface area contributed by atoms with Gasteiger partial charge in [0, 0.05) is 16.9 Å². The van der Waals surface area contributed by atoms with Crippen LogP contribution in [-0.4, -0.2) is 29.7 Å². The molecule has 9 heteroatoms. The Morgan fingerprint density at radius 3 is 2.23 bits per heavy atom. The van der Waals surface area contributed by atoms with Crippen molar-refractivity contribution in [1.29, 1.82) is 0 Å². The lowest BCUT2D eigenvalue weighted by Crippen LogP contribution is -2.41. The van der Waals surface area contributed by atoms with Crippen LogP contribution in [-0.2, 0) is 6.18 Å². The van der Waals surface area contributed by atoms with Gasteiger partial charge in [-0.05, 0) is 48.7 Å². The van der Waals surface area contributed by atoms with Gasteiger partial charge in [0.2, 0.25) is 0 Å². The summed E-state index contributed by atoms with van der Waals surface area (Å²) in [6.07, 6.45) is -3.91. The van der Waals surface area contributed by atoms with Gasteiger partial charge in [-0.15, -0.1) is 0 Å². The highest BCUT2D eigenvalue weighted by atomic mass is 19.4. The largest absolute Gasteiger partial charge is 0.416 e. The molecule has 1 atom stereocenters. The van der Waals surface area contributed by atoms with E-state index in [-0.39, 0.29) is 23.8 Å². The Morgan fingerprint density at radius 1 is 1.00 bits per heavy atom. The third-order valence-electron chi connectivity index (χ3n) is 4.14. The van der Waals surface area contributed by atoms with Crippen molar-refractivity contribution < 1.29 is 27.9 Å². The molecule has 0 spiro atoms. The Labute approximate surface area is 172 Å². The normalized spacial score (nSPS) is 12.4. The van der Waals surface area contributed by atoms with E-state index < -0.39 is 29.7 Å². The molecule has 162 valence electrons. The second-order valence-electron chi connectivity index (χ2n) is 7.22. The maximum atomic E-state index is 12.8. The second-order valence-corrected chi connectivity index (χ2v) is 7.22. The highest BCUT2D eigenvalue weighted by Crippen LogP contribution is 2.30. The summed E-state index contributed by atoms with van der Waals surface area (Å²) < 4.78 is 38.4. The van der Waals surface area contributed by atoms with E-state index in [1.807, 2.05) is 13.8 Å². The standard InChI is InChI=1S/C21H24F3N3O3/c1-13(2)9-18(12-28)27-20(30)26-16-7-3-5-14(10-16)19(29)25-17-8-4-6-15(11-17)21(22,23)24/h3-8,10-11,13,18,28H,9,12H2,1-2H3,(H,25,29)(H2,26,27,30). The number of hydrogen-bond acceptors (Lipinski definition) is 3.